The molecule has 1 aliphatic carbocycles. The summed E-state index contributed by atoms with van der Waals surface area (Å²) in [6, 6.07) is 0. The van der Waals surface area contributed by atoms with E-state index in [9.17, 15) is 9.13 Å². The van der Waals surface area contributed by atoms with Crippen molar-refractivity contribution in [2.75, 3.05) is 33.0 Å². The van der Waals surface area contributed by atoms with E-state index >= 15 is 0 Å². The van der Waals surface area contributed by atoms with Crippen molar-refractivity contribution in [3.63, 3.8) is 0 Å². The molecule has 1 rings (SSSR count). The van der Waals surface area contributed by atoms with Crippen LogP contribution in [0.3, 0.4) is 0 Å². The summed E-state index contributed by atoms with van der Waals surface area (Å²) in [4.78, 5) is 0. The smallest absolute Gasteiger partial charge is 0.287 e. The fourth-order valence-corrected chi connectivity index (χ4v) is 9.59. The van der Waals surface area contributed by atoms with Gasteiger partial charge >= 0.3 is 15.6 Å². The highest BCUT2D eigenvalue weighted by atomic mass is 31.2. The van der Waals surface area contributed by atoms with Gasteiger partial charge in [0.05, 0.1) is 39.1 Å². The van der Waals surface area contributed by atoms with Crippen LogP contribution in [0.4, 0.5) is 0 Å². The van der Waals surface area contributed by atoms with Gasteiger partial charge in [-0.15, -0.1) is 0 Å². The fraction of sp³-hybridized carbons (Fsp3) is 1.00. The summed E-state index contributed by atoms with van der Waals surface area (Å²) in [6.45, 7) is 19.3. The Kier molecular flexibility index (Phi) is 28.5. The zero-order valence-electron chi connectivity index (χ0n) is 34.0. The second kappa shape index (κ2) is 29.6. The molecule has 0 bridgehead atoms. The lowest BCUT2D eigenvalue weighted by Crippen LogP contribution is -2.23. The number of unbranched alkanes of at least 4 members (excludes halogenated alkanes) is 5. The van der Waals surface area contributed by atoms with Crippen LogP contribution in [0.15, 0.2) is 0 Å². The standard InChI is InChI=1S/C40H82O8P2/c1-9-17-21-25-40(16-8)48-50(42,46-32-37(15-7)24-20-12-4)47-34-39-28-26-38(27-29-39)33-45-49(41,43-30-35(13-5)22-18-10-2)44-31-36(14-6)23-19-11-3/h35-40H,9-34H2,1-8H3. The summed E-state index contributed by atoms with van der Waals surface area (Å²) >= 11 is 0. The summed E-state index contributed by atoms with van der Waals surface area (Å²) in [7, 11) is -7.39. The molecule has 10 heteroatoms. The van der Waals surface area contributed by atoms with E-state index in [-0.39, 0.29) is 17.9 Å². The molecule has 1 saturated carbocycles. The van der Waals surface area contributed by atoms with Crippen molar-refractivity contribution in [2.24, 2.45) is 29.6 Å². The molecule has 0 aromatic rings. The van der Waals surface area contributed by atoms with Gasteiger partial charge < -0.3 is 0 Å². The van der Waals surface area contributed by atoms with E-state index in [1.165, 1.54) is 0 Å². The average molecular weight is 753 g/mol. The highest BCUT2D eigenvalue weighted by Gasteiger charge is 2.35. The maximum Gasteiger partial charge on any atom is 0.475 e. The van der Waals surface area contributed by atoms with Crippen LogP contribution in [0, 0.1) is 29.6 Å². The van der Waals surface area contributed by atoms with Crippen LogP contribution >= 0.6 is 15.6 Å². The van der Waals surface area contributed by atoms with Gasteiger partial charge in [0.15, 0.2) is 0 Å². The van der Waals surface area contributed by atoms with Gasteiger partial charge in [0.25, 0.3) is 0 Å². The first kappa shape index (κ1) is 48.2. The van der Waals surface area contributed by atoms with Gasteiger partial charge in [-0.3, -0.25) is 27.1 Å². The Morgan fingerprint density at radius 3 is 1.20 bits per heavy atom. The van der Waals surface area contributed by atoms with Gasteiger partial charge in [-0.1, -0.05) is 132 Å². The van der Waals surface area contributed by atoms with E-state index in [0.717, 1.165) is 135 Å². The van der Waals surface area contributed by atoms with E-state index < -0.39 is 15.6 Å². The lowest BCUT2D eigenvalue weighted by molar-refractivity contribution is 0.0433. The van der Waals surface area contributed by atoms with E-state index in [1.54, 1.807) is 0 Å². The quantitative estimate of drug-likeness (QED) is 0.0474. The van der Waals surface area contributed by atoms with Crippen molar-refractivity contribution in [1.82, 2.24) is 0 Å². The summed E-state index contributed by atoms with van der Waals surface area (Å²) in [5, 5.41) is 0. The molecule has 0 amide bonds. The van der Waals surface area contributed by atoms with Crippen LogP contribution in [0.2, 0.25) is 0 Å². The molecule has 0 aromatic heterocycles. The molecule has 0 spiro atoms. The van der Waals surface area contributed by atoms with Gasteiger partial charge in [0.1, 0.15) is 0 Å². The van der Waals surface area contributed by atoms with Crippen molar-refractivity contribution in [1.29, 1.82) is 0 Å². The lowest BCUT2D eigenvalue weighted by Gasteiger charge is -2.31. The second-order valence-corrected chi connectivity index (χ2v) is 18.4. The highest BCUT2D eigenvalue weighted by Crippen LogP contribution is 2.54. The lowest BCUT2D eigenvalue weighted by atomic mass is 9.83. The van der Waals surface area contributed by atoms with Crippen LogP contribution < -0.4 is 0 Å². The Bertz CT molecular complexity index is 857. The number of hydrogen-bond donors (Lipinski definition) is 0. The molecule has 300 valence electrons. The van der Waals surface area contributed by atoms with Crippen LogP contribution in [0.25, 0.3) is 0 Å². The van der Waals surface area contributed by atoms with E-state index in [2.05, 4.69) is 55.4 Å². The van der Waals surface area contributed by atoms with Crippen LogP contribution in [0.1, 0.15) is 190 Å². The maximum atomic E-state index is 14.1. The minimum Gasteiger partial charge on any atom is -0.287 e. The summed E-state index contributed by atoms with van der Waals surface area (Å²) < 4.78 is 64.6. The van der Waals surface area contributed by atoms with E-state index in [1.807, 2.05) is 0 Å². The molecule has 5 atom stereocenters. The van der Waals surface area contributed by atoms with Gasteiger partial charge in [-0.25, -0.2) is 9.13 Å². The minimum absolute atomic E-state index is 0.130. The molecule has 1 aliphatic rings. The first-order valence-corrected chi connectivity index (χ1v) is 24.2. The summed E-state index contributed by atoms with van der Waals surface area (Å²) in [5.41, 5.74) is 0. The molecule has 0 aliphatic heterocycles. The van der Waals surface area contributed by atoms with Crippen molar-refractivity contribution in [3.8, 4) is 0 Å². The SMILES string of the molecule is CCCCCC(CC)OP(=O)(OCC(CC)CCCC)OCC1CCC(COP(=O)(OCC(CC)CCCC)OCC(CC)CCCC)CC1. The number of hydrogen-bond acceptors (Lipinski definition) is 8. The molecule has 0 heterocycles. The zero-order chi connectivity index (χ0) is 37.1. The largest absolute Gasteiger partial charge is 0.475 e. The van der Waals surface area contributed by atoms with E-state index in [4.69, 9.17) is 27.1 Å². The Morgan fingerprint density at radius 1 is 0.460 bits per heavy atom. The Balaban J connectivity index is 2.80. The third kappa shape index (κ3) is 21.8. The molecule has 0 radical (unpaired) electrons. The number of rotatable bonds is 34. The predicted molar refractivity (Wildman–Crippen MR) is 210 cm³/mol. The number of phosphoric acid groups is 2. The van der Waals surface area contributed by atoms with Gasteiger partial charge in [0.2, 0.25) is 0 Å². The zero-order valence-corrected chi connectivity index (χ0v) is 35.8. The molecule has 50 heavy (non-hydrogen) atoms. The van der Waals surface area contributed by atoms with Crippen LogP contribution in [-0.4, -0.2) is 39.1 Å². The third-order valence-corrected chi connectivity index (χ3v) is 13.7. The molecule has 1 fully saturated rings. The van der Waals surface area contributed by atoms with Crippen LogP contribution in [0.5, 0.6) is 0 Å². The topological polar surface area (TPSA) is 89.5 Å². The van der Waals surface area contributed by atoms with Gasteiger partial charge in [-0.05, 0) is 87.4 Å². The van der Waals surface area contributed by atoms with Crippen molar-refractivity contribution in [2.45, 2.75) is 196 Å². The Labute approximate surface area is 310 Å². The monoisotopic (exact) mass is 753 g/mol. The first-order chi connectivity index (χ1) is 24.1. The minimum atomic E-state index is -3.70. The predicted octanol–water partition coefficient (Wildman–Crippen LogP) is 14.1. The maximum absolute atomic E-state index is 14.1. The van der Waals surface area contributed by atoms with Crippen molar-refractivity contribution >= 4 is 15.6 Å². The molecular weight excluding hydrogens is 670 g/mol. The molecule has 0 aromatic carbocycles. The molecule has 5 unspecified atom stereocenters. The van der Waals surface area contributed by atoms with Crippen LogP contribution in [-0.2, 0) is 36.3 Å². The molecule has 0 N–H and O–H groups in total. The first-order valence-electron chi connectivity index (χ1n) is 21.2. The fourth-order valence-electron chi connectivity index (χ4n) is 6.59. The van der Waals surface area contributed by atoms with Crippen molar-refractivity contribution in [3.05, 3.63) is 0 Å². The summed E-state index contributed by atoms with van der Waals surface area (Å²) in [6.07, 6.45) is 21.5. The van der Waals surface area contributed by atoms with Gasteiger partial charge in [-0.2, -0.15) is 0 Å². The van der Waals surface area contributed by atoms with Gasteiger partial charge in [0, 0.05) is 0 Å². The second-order valence-electron chi connectivity index (χ2n) is 15.1. The molecule has 0 saturated heterocycles. The van der Waals surface area contributed by atoms with Crippen molar-refractivity contribution < 1.29 is 36.3 Å². The van der Waals surface area contributed by atoms with E-state index in [0.29, 0.717) is 50.8 Å². The number of phosphoric ester groups is 2. The normalized spacial score (nSPS) is 21.7. The molecular formula is C40H82O8P2. The Hall–Kier alpha value is 0.220. The highest BCUT2D eigenvalue weighted by molar-refractivity contribution is 7.48. The summed E-state index contributed by atoms with van der Waals surface area (Å²) in [5.74, 6) is 1.58. The third-order valence-electron chi connectivity index (χ3n) is 10.8. The Morgan fingerprint density at radius 2 is 0.840 bits per heavy atom. The molecule has 8 nitrogen and oxygen atoms in total. The average Bonchev–Trinajstić information content (AvgIpc) is 3.13.